The number of aryl methyl sites for hydroxylation is 1. The molecular formula is C23H22N4O3. The Kier molecular flexibility index (Phi) is 5.61. The molecule has 3 heterocycles. The van der Waals surface area contributed by atoms with Crippen LogP contribution < -0.4 is 11.0 Å². The van der Waals surface area contributed by atoms with Gasteiger partial charge < -0.3 is 9.73 Å². The topological polar surface area (TPSA) is 82.1 Å². The van der Waals surface area contributed by atoms with E-state index in [1.54, 1.807) is 39.8 Å². The predicted molar refractivity (Wildman–Crippen MR) is 115 cm³/mol. The Labute approximate surface area is 173 Å². The summed E-state index contributed by atoms with van der Waals surface area (Å²) >= 11 is 0. The maximum absolute atomic E-state index is 13.1. The molecule has 1 aromatic carbocycles. The largest absolute Gasteiger partial charge is 0.465 e. The van der Waals surface area contributed by atoms with Gasteiger partial charge in [-0.1, -0.05) is 29.8 Å². The van der Waals surface area contributed by atoms with Crippen molar-refractivity contribution in [3.8, 4) is 0 Å². The fourth-order valence-electron chi connectivity index (χ4n) is 3.27. The first-order valence-corrected chi connectivity index (χ1v) is 9.71. The second kappa shape index (κ2) is 8.65. The van der Waals surface area contributed by atoms with Gasteiger partial charge in [-0.2, -0.15) is 0 Å². The molecule has 0 saturated heterocycles. The Bertz CT molecular complexity index is 1230. The minimum Gasteiger partial charge on any atom is -0.465 e. The number of pyridine rings is 1. The highest BCUT2D eigenvalue weighted by Crippen LogP contribution is 2.13. The quantitative estimate of drug-likeness (QED) is 0.482. The van der Waals surface area contributed by atoms with Gasteiger partial charge in [0.05, 0.1) is 18.3 Å². The molecule has 1 amide bonds. The minimum absolute atomic E-state index is 0.148. The summed E-state index contributed by atoms with van der Waals surface area (Å²) in [5, 5.41) is 2.79. The van der Waals surface area contributed by atoms with Gasteiger partial charge in [-0.15, -0.1) is 0 Å². The highest BCUT2D eigenvalue weighted by atomic mass is 16.3. The summed E-state index contributed by atoms with van der Waals surface area (Å²) in [6, 6.07) is 15.3. The number of amides is 1. The number of furan rings is 1. The molecule has 0 fully saturated rings. The third kappa shape index (κ3) is 4.25. The van der Waals surface area contributed by atoms with Crippen LogP contribution in [0.2, 0.25) is 0 Å². The summed E-state index contributed by atoms with van der Waals surface area (Å²) < 4.78 is 8.47. The summed E-state index contributed by atoms with van der Waals surface area (Å²) in [4.78, 5) is 29.5. The lowest BCUT2D eigenvalue weighted by Gasteiger charge is -2.04. The number of carbonyl (C=O) groups is 1. The van der Waals surface area contributed by atoms with E-state index in [4.69, 9.17) is 4.42 Å². The van der Waals surface area contributed by atoms with E-state index in [1.165, 1.54) is 11.6 Å². The van der Waals surface area contributed by atoms with Crippen LogP contribution in [0.25, 0.3) is 17.2 Å². The maximum Gasteiger partial charge on any atom is 0.330 e. The van der Waals surface area contributed by atoms with Crippen molar-refractivity contribution in [3.05, 3.63) is 94.4 Å². The molecule has 4 rings (SSSR count). The highest BCUT2D eigenvalue weighted by molar-refractivity contribution is 5.91. The average molecular weight is 402 g/mol. The lowest BCUT2D eigenvalue weighted by Crippen LogP contribution is -2.31. The number of imidazole rings is 1. The van der Waals surface area contributed by atoms with Crippen LogP contribution in [-0.2, 0) is 17.9 Å². The van der Waals surface area contributed by atoms with Crippen LogP contribution in [0.5, 0.6) is 0 Å². The first-order valence-electron chi connectivity index (χ1n) is 9.71. The number of rotatable bonds is 7. The van der Waals surface area contributed by atoms with Crippen molar-refractivity contribution in [1.29, 1.82) is 0 Å². The number of benzene rings is 1. The molecule has 4 aromatic rings. The van der Waals surface area contributed by atoms with Crippen molar-refractivity contribution >= 4 is 23.1 Å². The van der Waals surface area contributed by atoms with E-state index in [0.717, 1.165) is 11.1 Å². The smallest absolute Gasteiger partial charge is 0.330 e. The summed E-state index contributed by atoms with van der Waals surface area (Å²) in [5.41, 5.74) is 3.45. The van der Waals surface area contributed by atoms with Crippen LogP contribution in [0.15, 0.2) is 76.3 Å². The van der Waals surface area contributed by atoms with E-state index in [0.29, 0.717) is 31.0 Å². The van der Waals surface area contributed by atoms with Gasteiger partial charge in [0.15, 0.2) is 5.65 Å². The van der Waals surface area contributed by atoms with Gasteiger partial charge in [0.2, 0.25) is 5.91 Å². The Morgan fingerprint density at radius 2 is 1.97 bits per heavy atom. The van der Waals surface area contributed by atoms with E-state index in [-0.39, 0.29) is 11.6 Å². The zero-order valence-electron chi connectivity index (χ0n) is 16.6. The molecule has 0 radical (unpaired) electrons. The first-order chi connectivity index (χ1) is 14.6. The van der Waals surface area contributed by atoms with Crippen molar-refractivity contribution < 1.29 is 9.21 Å². The molecule has 30 heavy (non-hydrogen) atoms. The van der Waals surface area contributed by atoms with Crippen molar-refractivity contribution in [3.63, 3.8) is 0 Å². The van der Waals surface area contributed by atoms with Crippen LogP contribution in [0, 0.1) is 6.92 Å². The molecule has 0 unspecified atom stereocenters. The number of hydrogen-bond donors (Lipinski definition) is 1. The summed E-state index contributed by atoms with van der Waals surface area (Å²) in [7, 11) is 0. The molecule has 7 nitrogen and oxygen atoms in total. The minimum atomic E-state index is -0.254. The van der Waals surface area contributed by atoms with E-state index >= 15 is 0 Å². The lowest BCUT2D eigenvalue weighted by molar-refractivity contribution is -0.116. The molecule has 3 aromatic heterocycles. The number of nitrogens with zero attached hydrogens (tertiary/aromatic N) is 3. The monoisotopic (exact) mass is 402 g/mol. The van der Waals surface area contributed by atoms with Gasteiger partial charge in [-0.3, -0.25) is 13.9 Å². The Balaban J connectivity index is 1.50. The molecule has 152 valence electrons. The number of fused-ring (bicyclic) bond motifs is 1. The molecule has 0 spiro atoms. The van der Waals surface area contributed by atoms with E-state index in [2.05, 4.69) is 10.3 Å². The van der Waals surface area contributed by atoms with Crippen LogP contribution in [0.4, 0.5) is 0 Å². The van der Waals surface area contributed by atoms with Crippen molar-refractivity contribution in [2.45, 2.75) is 20.0 Å². The second-order valence-electron chi connectivity index (χ2n) is 6.99. The van der Waals surface area contributed by atoms with Crippen LogP contribution in [-0.4, -0.2) is 26.6 Å². The second-order valence-corrected chi connectivity index (χ2v) is 6.99. The Morgan fingerprint density at radius 3 is 2.73 bits per heavy atom. The molecule has 0 atom stereocenters. The van der Waals surface area contributed by atoms with E-state index < -0.39 is 0 Å². The highest BCUT2D eigenvalue weighted by Gasteiger charge is 2.14. The SMILES string of the molecule is Cc1ccc(Cn2c(=O)n(CCNC(=O)/C=C/c3ccco3)c3ncccc32)cc1. The molecule has 0 aliphatic heterocycles. The standard InChI is InChI=1S/C23H22N4O3/c1-17-6-8-18(9-7-17)16-27-20-5-2-12-25-22(20)26(23(27)29)14-13-24-21(28)11-10-19-4-3-15-30-19/h2-12,15H,13-14,16H2,1H3,(H,24,28)/b11-10+. The Hall–Kier alpha value is -3.87. The van der Waals surface area contributed by atoms with Gasteiger partial charge in [-0.05, 0) is 42.8 Å². The summed E-state index contributed by atoms with van der Waals surface area (Å²) in [5.74, 6) is 0.348. The van der Waals surface area contributed by atoms with Crippen LogP contribution >= 0.6 is 0 Å². The molecule has 1 N–H and O–H groups in total. The fraction of sp³-hybridized carbons (Fsp3) is 0.174. The number of hydrogen-bond acceptors (Lipinski definition) is 4. The van der Waals surface area contributed by atoms with Gasteiger partial charge in [-0.25, -0.2) is 9.78 Å². The molecular weight excluding hydrogens is 380 g/mol. The number of nitrogens with one attached hydrogen (secondary N) is 1. The van der Waals surface area contributed by atoms with Crippen LogP contribution in [0.1, 0.15) is 16.9 Å². The first kappa shape index (κ1) is 19.4. The Morgan fingerprint density at radius 1 is 1.13 bits per heavy atom. The molecule has 0 bridgehead atoms. The van der Waals surface area contributed by atoms with Crippen molar-refractivity contribution in [1.82, 2.24) is 19.4 Å². The van der Waals surface area contributed by atoms with Crippen molar-refractivity contribution in [2.24, 2.45) is 0 Å². The van der Waals surface area contributed by atoms with Gasteiger partial charge >= 0.3 is 5.69 Å². The predicted octanol–water partition coefficient (Wildman–Crippen LogP) is 2.98. The third-order valence-electron chi connectivity index (χ3n) is 4.81. The van der Waals surface area contributed by atoms with E-state index in [1.807, 2.05) is 43.3 Å². The van der Waals surface area contributed by atoms with Gasteiger partial charge in [0, 0.05) is 25.4 Å². The van der Waals surface area contributed by atoms with Crippen LogP contribution in [0.3, 0.4) is 0 Å². The van der Waals surface area contributed by atoms with Gasteiger partial charge in [0.1, 0.15) is 5.76 Å². The molecule has 0 saturated carbocycles. The summed E-state index contributed by atoms with van der Waals surface area (Å²) in [6.45, 7) is 3.13. The summed E-state index contributed by atoms with van der Waals surface area (Å²) in [6.07, 6.45) is 6.21. The molecule has 7 heteroatoms. The third-order valence-corrected chi connectivity index (χ3v) is 4.81. The zero-order valence-corrected chi connectivity index (χ0v) is 16.6. The number of aromatic nitrogens is 3. The normalized spacial score (nSPS) is 11.4. The lowest BCUT2D eigenvalue weighted by atomic mass is 10.1. The van der Waals surface area contributed by atoms with E-state index in [9.17, 15) is 9.59 Å². The van der Waals surface area contributed by atoms with Gasteiger partial charge in [0.25, 0.3) is 0 Å². The fourth-order valence-corrected chi connectivity index (χ4v) is 3.27. The number of carbonyl (C=O) groups excluding carboxylic acids is 1. The maximum atomic E-state index is 13.1. The zero-order chi connectivity index (χ0) is 20.9. The molecule has 0 aliphatic rings. The average Bonchev–Trinajstić information content (AvgIpc) is 3.36. The van der Waals surface area contributed by atoms with Crippen molar-refractivity contribution in [2.75, 3.05) is 6.54 Å². The molecule has 0 aliphatic carbocycles.